The Morgan fingerprint density at radius 2 is 1.59 bits per heavy atom. The first kappa shape index (κ1) is 22.0. The van der Waals surface area contributed by atoms with Crippen LogP contribution in [0.15, 0.2) is 101 Å². The van der Waals surface area contributed by atoms with Crippen LogP contribution in [0.25, 0.3) is 22.2 Å². The number of ether oxygens (including phenoxy) is 1. The summed E-state index contributed by atoms with van der Waals surface area (Å²) in [5, 5.41) is 14.2. The summed E-state index contributed by atoms with van der Waals surface area (Å²) in [6.07, 6.45) is 0. The molecule has 0 fully saturated rings. The van der Waals surface area contributed by atoms with Crippen LogP contribution in [0.4, 0.5) is 5.69 Å². The summed E-state index contributed by atoms with van der Waals surface area (Å²) >= 11 is 7.07. The number of nitrogens with zero attached hydrogens (tertiary/aromatic N) is 2. The fourth-order valence-corrected chi connectivity index (χ4v) is 3.97. The highest BCUT2D eigenvalue weighted by Gasteiger charge is 2.12. The van der Waals surface area contributed by atoms with E-state index in [0.29, 0.717) is 33.3 Å². The van der Waals surface area contributed by atoms with E-state index in [-0.39, 0.29) is 11.7 Å². The maximum atomic E-state index is 12.4. The normalized spacial score (nSPS) is 10.9. The predicted octanol–water partition coefficient (Wildman–Crippen LogP) is 7.07. The minimum Gasteiger partial charge on any atom is -0.457 e. The minimum absolute atomic E-state index is 0.141. The Balaban J connectivity index is 1.15. The first-order valence-corrected chi connectivity index (χ1v) is 11.8. The van der Waals surface area contributed by atoms with Gasteiger partial charge in [-0.3, -0.25) is 4.79 Å². The van der Waals surface area contributed by atoms with Crippen molar-refractivity contribution in [2.75, 3.05) is 11.1 Å². The van der Waals surface area contributed by atoms with Crippen LogP contribution in [-0.4, -0.2) is 21.9 Å². The van der Waals surface area contributed by atoms with Gasteiger partial charge < -0.3 is 14.5 Å². The predicted molar refractivity (Wildman–Crippen MR) is 135 cm³/mol. The van der Waals surface area contributed by atoms with Crippen molar-refractivity contribution in [3.63, 3.8) is 0 Å². The molecule has 0 unspecified atom stereocenters. The number of rotatable bonds is 7. The van der Waals surface area contributed by atoms with E-state index in [1.165, 1.54) is 11.8 Å². The van der Waals surface area contributed by atoms with Crippen LogP contribution in [0.3, 0.4) is 0 Å². The second-order valence-electron chi connectivity index (χ2n) is 7.35. The number of anilines is 1. The van der Waals surface area contributed by atoms with Gasteiger partial charge in [-0.2, -0.15) is 0 Å². The summed E-state index contributed by atoms with van der Waals surface area (Å²) in [6.45, 7) is 0. The van der Waals surface area contributed by atoms with Crippen molar-refractivity contribution in [1.29, 1.82) is 0 Å². The molecule has 0 radical (unpaired) electrons. The van der Waals surface area contributed by atoms with E-state index < -0.39 is 0 Å². The van der Waals surface area contributed by atoms with Gasteiger partial charge >= 0.3 is 0 Å². The fourth-order valence-electron chi connectivity index (χ4n) is 3.28. The lowest BCUT2D eigenvalue weighted by atomic mass is 10.1. The number of hydrogen-bond donors (Lipinski definition) is 1. The number of fused-ring (bicyclic) bond motifs is 1. The van der Waals surface area contributed by atoms with Gasteiger partial charge in [0.1, 0.15) is 11.5 Å². The second-order valence-corrected chi connectivity index (χ2v) is 8.72. The zero-order chi connectivity index (χ0) is 23.3. The smallest absolute Gasteiger partial charge is 0.277 e. The Morgan fingerprint density at radius 1 is 0.882 bits per heavy atom. The standard InChI is InChI=1S/C26H18ClN3O3S/c27-20-7-11-22(12-8-20)32-23-13-9-21(10-14-23)28-24(31)16-34-26-30-29-25(33-26)19-6-5-17-3-1-2-4-18(17)15-19/h1-15H,16H2,(H,28,31). The average molecular weight is 488 g/mol. The molecule has 1 amide bonds. The number of halogens is 1. The van der Waals surface area contributed by atoms with Gasteiger partial charge in [0.05, 0.1) is 5.75 Å². The molecular formula is C26H18ClN3O3S. The van der Waals surface area contributed by atoms with E-state index in [9.17, 15) is 4.79 Å². The van der Waals surface area contributed by atoms with Crippen molar-refractivity contribution in [2.24, 2.45) is 0 Å². The van der Waals surface area contributed by atoms with Crippen molar-refractivity contribution in [3.05, 3.63) is 96.0 Å². The molecule has 5 rings (SSSR count). The molecule has 0 aliphatic rings. The van der Waals surface area contributed by atoms with Crippen molar-refractivity contribution < 1.29 is 13.9 Å². The molecule has 5 aromatic rings. The summed E-state index contributed by atoms with van der Waals surface area (Å²) in [6, 6.07) is 28.2. The number of aromatic nitrogens is 2. The molecule has 34 heavy (non-hydrogen) atoms. The van der Waals surface area contributed by atoms with Gasteiger partial charge in [0.2, 0.25) is 11.8 Å². The molecule has 0 aliphatic carbocycles. The van der Waals surface area contributed by atoms with Crippen molar-refractivity contribution in [3.8, 4) is 23.0 Å². The lowest BCUT2D eigenvalue weighted by Crippen LogP contribution is -2.13. The molecule has 8 heteroatoms. The first-order chi connectivity index (χ1) is 16.6. The van der Waals surface area contributed by atoms with Crippen molar-refractivity contribution >= 4 is 45.7 Å². The molecule has 0 bridgehead atoms. The van der Waals surface area contributed by atoms with Crippen LogP contribution in [0.1, 0.15) is 0 Å². The molecule has 4 aromatic carbocycles. The number of amides is 1. The zero-order valence-electron chi connectivity index (χ0n) is 17.8. The Morgan fingerprint density at radius 3 is 2.35 bits per heavy atom. The van der Waals surface area contributed by atoms with E-state index in [4.69, 9.17) is 20.8 Å². The van der Waals surface area contributed by atoms with E-state index in [2.05, 4.69) is 15.5 Å². The van der Waals surface area contributed by atoms with Gasteiger partial charge in [0.15, 0.2) is 0 Å². The molecule has 0 atom stereocenters. The molecular weight excluding hydrogens is 470 g/mol. The SMILES string of the molecule is O=C(CSc1nnc(-c2ccc3ccccc3c2)o1)Nc1ccc(Oc2ccc(Cl)cc2)cc1. The molecule has 1 N–H and O–H groups in total. The largest absolute Gasteiger partial charge is 0.457 e. The highest BCUT2D eigenvalue weighted by atomic mass is 35.5. The topological polar surface area (TPSA) is 77.2 Å². The van der Waals surface area contributed by atoms with Gasteiger partial charge in [-0.25, -0.2) is 0 Å². The van der Waals surface area contributed by atoms with Crippen LogP contribution in [0.5, 0.6) is 11.5 Å². The number of benzene rings is 4. The highest BCUT2D eigenvalue weighted by Crippen LogP contribution is 2.27. The lowest BCUT2D eigenvalue weighted by molar-refractivity contribution is -0.113. The van der Waals surface area contributed by atoms with Gasteiger partial charge in [0.25, 0.3) is 5.22 Å². The Kier molecular flexibility index (Phi) is 6.46. The van der Waals surface area contributed by atoms with Crippen LogP contribution >= 0.6 is 23.4 Å². The number of hydrogen-bond acceptors (Lipinski definition) is 6. The maximum Gasteiger partial charge on any atom is 0.277 e. The lowest BCUT2D eigenvalue weighted by Gasteiger charge is -2.08. The van der Waals surface area contributed by atoms with E-state index in [1.807, 2.05) is 42.5 Å². The Labute approximate surface area is 204 Å². The van der Waals surface area contributed by atoms with Gasteiger partial charge in [-0.15, -0.1) is 10.2 Å². The number of nitrogens with one attached hydrogen (secondary N) is 1. The molecule has 1 heterocycles. The molecule has 0 saturated heterocycles. The molecule has 168 valence electrons. The maximum absolute atomic E-state index is 12.4. The summed E-state index contributed by atoms with van der Waals surface area (Å²) in [4.78, 5) is 12.4. The van der Waals surface area contributed by atoms with Gasteiger partial charge in [-0.05, 0) is 71.4 Å². The molecule has 6 nitrogen and oxygen atoms in total. The average Bonchev–Trinajstić information content (AvgIpc) is 3.34. The summed E-state index contributed by atoms with van der Waals surface area (Å²) < 4.78 is 11.5. The summed E-state index contributed by atoms with van der Waals surface area (Å²) in [5.41, 5.74) is 1.50. The molecule has 1 aromatic heterocycles. The third-order valence-electron chi connectivity index (χ3n) is 4.92. The number of carbonyl (C=O) groups is 1. The van der Waals surface area contributed by atoms with Crippen LogP contribution in [0.2, 0.25) is 5.02 Å². The molecule has 0 aliphatic heterocycles. The third-order valence-corrected chi connectivity index (χ3v) is 5.99. The molecule has 0 saturated carbocycles. The van der Waals surface area contributed by atoms with E-state index in [0.717, 1.165) is 16.3 Å². The second kappa shape index (κ2) is 9.99. The van der Waals surface area contributed by atoms with Crippen molar-refractivity contribution in [2.45, 2.75) is 5.22 Å². The highest BCUT2D eigenvalue weighted by molar-refractivity contribution is 7.99. The summed E-state index contributed by atoms with van der Waals surface area (Å²) in [7, 11) is 0. The third kappa shape index (κ3) is 5.39. The first-order valence-electron chi connectivity index (χ1n) is 10.4. The zero-order valence-corrected chi connectivity index (χ0v) is 19.3. The quantitative estimate of drug-likeness (QED) is 0.247. The monoisotopic (exact) mass is 487 g/mol. The van der Waals surface area contributed by atoms with Crippen LogP contribution in [0, 0.1) is 0 Å². The van der Waals surface area contributed by atoms with E-state index in [1.54, 1.807) is 48.5 Å². The van der Waals surface area contributed by atoms with Crippen LogP contribution in [-0.2, 0) is 4.79 Å². The van der Waals surface area contributed by atoms with Gasteiger partial charge in [0, 0.05) is 16.3 Å². The number of thioether (sulfide) groups is 1. The summed E-state index contributed by atoms with van der Waals surface area (Å²) in [5.74, 6) is 1.72. The van der Waals surface area contributed by atoms with Crippen LogP contribution < -0.4 is 10.1 Å². The van der Waals surface area contributed by atoms with Crippen molar-refractivity contribution in [1.82, 2.24) is 10.2 Å². The fraction of sp³-hybridized carbons (Fsp3) is 0.0385. The Hall–Kier alpha value is -3.81. The number of carbonyl (C=O) groups excluding carboxylic acids is 1. The van der Waals surface area contributed by atoms with E-state index >= 15 is 0 Å². The Bertz CT molecular complexity index is 1440. The molecule has 0 spiro atoms. The minimum atomic E-state index is -0.179. The van der Waals surface area contributed by atoms with Gasteiger partial charge in [-0.1, -0.05) is 53.7 Å².